The van der Waals surface area contributed by atoms with E-state index >= 15 is 0 Å². The molecule has 1 spiro atoms. The van der Waals surface area contributed by atoms with Crippen LogP contribution in [0, 0.1) is 0 Å². The predicted molar refractivity (Wildman–Crippen MR) is 92.2 cm³/mol. The highest BCUT2D eigenvalue weighted by Crippen LogP contribution is 2.30. The van der Waals surface area contributed by atoms with Crippen LogP contribution in [0.15, 0.2) is 16.3 Å². The number of piperidine rings is 1. The lowest BCUT2D eigenvalue weighted by Gasteiger charge is -2.36. The Kier molecular flexibility index (Phi) is 4.04. The number of nitrogens with zero attached hydrogens (tertiary/aromatic N) is 1. The summed E-state index contributed by atoms with van der Waals surface area (Å²) in [5.74, 6) is -0.738. The number of nitrogens with one attached hydrogen (secondary N) is 3. The van der Waals surface area contributed by atoms with Crippen molar-refractivity contribution in [1.29, 1.82) is 0 Å². The number of thiophene rings is 1. The Morgan fingerprint density at radius 1 is 1.27 bits per heavy atom. The number of carbonyl (C=O) groups excluding carboxylic acids is 3. The molecule has 2 saturated heterocycles. The number of hydrogen-bond acceptors (Lipinski definition) is 6. The van der Waals surface area contributed by atoms with E-state index in [9.17, 15) is 22.8 Å². The Bertz CT molecular complexity index is 882. The molecule has 3 heterocycles. The van der Waals surface area contributed by atoms with Crippen molar-refractivity contribution in [2.75, 3.05) is 13.1 Å². The maximum atomic E-state index is 12.8. The number of imide groups is 1. The molecule has 0 aromatic carbocycles. The van der Waals surface area contributed by atoms with Crippen LogP contribution >= 0.6 is 11.3 Å². The fourth-order valence-corrected chi connectivity index (χ4v) is 5.96. The maximum Gasteiger partial charge on any atom is 0.322 e. The average Bonchev–Trinajstić information content (AvgIpc) is 3.15. The van der Waals surface area contributed by atoms with Crippen molar-refractivity contribution in [2.24, 2.45) is 0 Å². The monoisotopic (exact) mass is 398 g/mol. The summed E-state index contributed by atoms with van der Waals surface area (Å²) >= 11 is 1.09. The molecule has 3 N–H and O–H groups in total. The van der Waals surface area contributed by atoms with Gasteiger partial charge in [0.15, 0.2) is 0 Å². The largest absolute Gasteiger partial charge is 0.338 e. The molecule has 0 atom stereocenters. The van der Waals surface area contributed by atoms with Gasteiger partial charge in [-0.15, -0.1) is 11.3 Å². The second-order valence-electron chi connectivity index (χ2n) is 6.79. The van der Waals surface area contributed by atoms with Gasteiger partial charge in [-0.25, -0.2) is 17.9 Å². The number of rotatable bonds is 4. The van der Waals surface area contributed by atoms with Gasteiger partial charge in [-0.05, 0) is 37.1 Å². The Labute approximate surface area is 154 Å². The Hall–Kier alpha value is -1.98. The average molecular weight is 398 g/mol. The third kappa shape index (κ3) is 2.99. The van der Waals surface area contributed by atoms with Gasteiger partial charge in [0.2, 0.25) is 10.0 Å². The molecule has 140 valence electrons. The minimum atomic E-state index is -3.71. The van der Waals surface area contributed by atoms with E-state index in [4.69, 9.17) is 0 Å². The number of amides is 4. The van der Waals surface area contributed by atoms with Crippen molar-refractivity contribution in [3.05, 3.63) is 16.3 Å². The van der Waals surface area contributed by atoms with Crippen molar-refractivity contribution >= 4 is 39.2 Å². The molecule has 26 heavy (non-hydrogen) atoms. The lowest BCUT2D eigenvalue weighted by atomic mass is 9.87. The molecular weight excluding hydrogens is 380 g/mol. The molecule has 1 saturated carbocycles. The molecule has 1 aromatic heterocycles. The zero-order valence-electron chi connectivity index (χ0n) is 13.8. The van der Waals surface area contributed by atoms with E-state index in [1.807, 2.05) is 0 Å². The summed E-state index contributed by atoms with van der Waals surface area (Å²) in [4.78, 5) is 37.9. The third-order valence-electron chi connectivity index (χ3n) is 4.93. The number of sulfonamides is 1. The molecule has 2 aliphatic heterocycles. The van der Waals surface area contributed by atoms with E-state index in [0.29, 0.717) is 12.8 Å². The summed E-state index contributed by atoms with van der Waals surface area (Å²) in [6, 6.07) is 0.883. The molecule has 4 rings (SSSR count). The van der Waals surface area contributed by atoms with Gasteiger partial charge in [0.1, 0.15) is 15.3 Å². The fourth-order valence-electron chi connectivity index (χ4n) is 3.26. The summed E-state index contributed by atoms with van der Waals surface area (Å²) in [5.41, 5.74) is -0.967. The van der Waals surface area contributed by atoms with Crippen LogP contribution in [-0.4, -0.2) is 55.8 Å². The van der Waals surface area contributed by atoms with Gasteiger partial charge < -0.3 is 10.2 Å². The van der Waals surface area contributed by atoms with E-state index in [2.05, 4.69) is 15.4 Å². The molecular formula is C15H18N4O5S2. The van der Waals surface area contributed by atoms with E-state index in [1.54, 1.807) is 5.38 Å². The Balaban J connectivity index is 1.49. The van der Waals surface area contributed by atoms with Gasteiger partial charge in [0.25, 0.3) is 11.8 Å². The summed E-state index contributed by atoms with van der Waals surface area (Å²) in [5, 5.41) is 6.45. The minimum absolute atomic E-state index is 0.00611. The molecule has 11 heteroatoms. The van der Waals surface area contributed by atoms with Crippen molar-refractivity contribution in [1.82, 2.24) is 20.3 Å². The molecule has 1 aromatic rings. The lowest BCUT2D eigenvalue weighted by Crippen LogP contribution is -2.55. The number of carbonyl (C=O) groups is 3. The van der Waals surface area contributed by atoms with Crippen LogP contribution in [0.3, 0.4) is 0 Å². The van der Waals surface area contributed by atoms with Crippen molar-refractivity contribution in [3.8, 4) is 0 Å². The topological polar surface area (TPSA) is 125 Å². The third-order valence-corrected chi connectivity index (χ3v) is 7.53. The second kappa shape index (κ2) is 6.03. The summed E-state index contributed by atoms with van der Waals surface area (Å²) in [6.45, 7) is 0.528. The molecule has 4 amide bonds. The molecule has 3 aliphatic rings. The van der Waals surface area contributed by atoms with Crippen LogP contribution in [0.1, 0.15) is 35.4 Å². The van der Waals surface area contributed by atoms with Gasteiger partial charge in [-0.3, -0.25) is 14.9 Å². The predicted octanol–water partition coefficient (Wildman–Crippen LogP) is 0.00300. The van der Waals surface area contributed by atoms with Crippen LogP contribution in [0.5, 0.6) is 0 Å². The van der Waals surface area contributed by atoms with Gasteiger partial charge in [-0.1, -0.05) is 0 Å². The van der Waals surface area contributed by atoms with Crippen LogP contribution in [0.25, 0.3) is 0 Å². The Morgan fingerprint density at radius 2 is 1.96 bits per heavy atom. The summed E-state index contributed by atoms with van der Waals surface area (Å²) in [6.07, 6.45) is 2.22. The first kappa shape index (κ1) is 17.4. The first-order chi connectivity index (χ1) is 12.3. The molecule has 0 bridgehead atoms. The highest BCUT2D eigenvalue weighted by Gasteiger charge is 2.48. The number of urea groups is 1. The van der Waals surface area contributed by atoms with E-state index in [1.165, 1.54) is 11.0 Å². The zero-order valence-corrected chi connectivity index (χ0v) is 15.4. The van der Waals surface area contributed by atoms with Crippen molar-refractivity contribution in [3.63, 3.8) is 0 Å². The zero-order chi connectivity index (χ0) is 18.5. The standard InChI is InChI=1S/C15H18N4O5S2/c20-12(11-10(3-8-25-11)26(23,24)18-9-1-2-9)19-6-4-15(5-7-19)13(21)16-14(22)17-15/h3,8-9,18H,1-2,4-7H2,(H2,16,17,21,22). The van der Waals surface area contributed by atoms with Gasteiger partial charge >= 0.3 is 6.03 Å². The van der Waals surface area contributed by atoms with Crippen LogP contribution < -0.4 is 15.4 Å². The van der Waals surface area contributed by atoms with Crippen LogP contribution in [0.2, 0.25) is 0 Å². The molecule has 0 radical (unpaired) electrons. The van der Waals surface area contributed by atoms with Gasteiger partial charge in [-0.2, -0.15) is 0 Å². The molecule has 9 nitrogen and oxygen atoms in total. The van der Waals surface area contributed by atoms with Crippen molar-refractivity contribution < 1.29 is 22.8 Å². The molecule has 0 unspecified atom stereocenters. The molecule has 1 aliphatic carbocycles. The second-order valence-corrected chi connectivity index (χ2v) is 9.39. The maximum absolute atomic E-state index is 12.8. The normalized spacial score (nSPS) is 22.4. The summed E-state index contributed by atoms with van der Waals surface area (Å²) in [7, 11) is -3.71. The van der Waals surface area contributed by atoms with E-state index in [0.717, 1.165) is 24.2 Å². The van der Waals surface area contributed by atoms with E-state index in [-0.39, 0.29) is 40.7 Å². The van der Waals surface area contributed by atoms with Crippen molar-refractivity contribution in [2.45, 2.75) is 42.2 Å². The van der Waals surface area contributed by atoms with Gasteiger partial charge in [0.05, 0.1) is 0 Å². The summed E-state index contributed by atoms with van der Waals surface area (Å²) < 4.78 is 27.5. The lowest BCUT2D eigenvalue weighted by molar-refractivity contribution is -0.125. The first-order valence-electron chi connectivity index (χ1n) is 8.33. The van der Waals surface area contributed by atoms with Crippen LogP contribution in [0.4, 0.5) is 4.79 Å². The van der Waals surface area contributed by atoms with Gasteiger partial charge in [0, 0.05) is 19.1 Å². The smallest absolute Gasteiger partial charge is 0.322 e. The number of hydrogen-bond donors (Lipinski definition) is 3. The van der Waals surface area contributed by atoms with Crippen LogP contribution in [-0.2, 0) is 14.8 Å². The minimum Gasteiger partial charge on any atom is -0.338 e. The fraction of sp³-hybridized carbons (Fsp3) is 0.533. The first-order valence-corrected chi connectivity index (χ1v) is 10.7. The van der Waals surface area contributed by atoms with E-state index < -0.39 is 21.6 Å². The highest BCUT2D eigenvalue weighted by atomic mass is 32.2. The molecule has 3 fully saturated rings. The SMILES string of the molecule is O=C1NC(=O)C2(CCN(C(=O)c3sccc3S(=O)(=O)NC3CC3)CC2)N1. The Morgan fingerprint density at radius 3 is 2.54 bits per heavy atom. The highest BCUT2D eigenvalue weighted by molar-refractivity contribution is 7.89. The number of likely N-dealkylation sites (tertiary alicyclic amines) is 1. The quantitative estimate of drug-likeness (QED) is 0.616.